The average molecular weight is 331 g/mol. The summed E-state index contributed by atoms with van der Waals surface area (Å²) in [4.78, 5) is 7.37. The predicted molar refractivity (Wildman–Crippen MR) is 81.3 cm³/mol. The van der Waals surface area contributed by atoms with Crippen molar-refractivity contribution in [1.29, 1.82) is 0 Å². The fourth-order valence-corrected chi connectivity index (χ4v) is 2.77. The monoisotopic (exact) mass is 329 g/mol. The van der Waals surface area contributed by atoms with Crippen molar-refractivity contribution < 1.29 is 0 Å². The molecule has 0 fully saturated rings. The Hall–Kier alpha value is -1.07. The second-order valence-corrected chi connectivity index (χ2v) is 5.47. The van der Waals surface area contributed by atoms with Crippen LogP contribution in [0.4, 0.5) is 0 Å². The van der Waals surface area contributed by atoms with Crippen LogP contribution in [-0.2, 0) is 0 Å². The van der Waals surface area contributed by atoms with Gasteiger partial charge in [-0.2, -0.15) is 0 Å². The molecule has 0 spiro atoms. The van der Waals surface area contributed by atoms with Crippen LogP contribution in [-0.4, -0.2) is 14.5 Å². The van der Waals surface area contributed by atoms with Crippen LogP contribution in [0.25, 0.3) is 16.9 Å². The number of benzene rings is 1. The molecule has 96 valence electrons. The summed E-state index contributed by atoms with van der Waals surface area (Å²) in [5.41, 5.74) is 2.16. The number of imidazole rings is 1. The standard InChI is InChI=1S/C12H6Cl3N3S/c13-6-4-8(15)10(5-7(6)14)18-11-9(17-12(18)19)2-1-3-16-11/h1-5H,(H,17,19). The Morgan fingerprint density at radius 1 is 1.11 bits per heavy atom. The molecule has 0 bridgehead atoms. The summed E-state index contributed by atoms with van der Waals surface area (Å²) in [6.45, 7) is 0. The van der Waals surface area contributed by atoms with Crippen molar-refractivity contribution in [3.8, 4) is 5.69 Å². The van der Waals surface area contributed by atoms with E-state index in [9.17, 15) is 0 Å². The average Bonchev–Trinajstić information content (AvgIpc) is 2.70. The van der Waals surface area contributed by atoms with Crippen molar-refractivity contribution in [2.75, 3.05) is 0 Å². The molecule has 3 nitrogen and oxygen atoms in total. The van der Waals surface area contributed by atoms with Crippen LogP contribution in [0.1, 0.15) is 0 Å². The molecule has 3 aromatic rings. The van der Waals surface area contributed by atoms with E-state index in [0.717, 1.165) is 5.52 Å². The lowest BCUT2D eigenvalue weighted by Crippen LogP contribution is -1.96. The number of nitrogens with zero attached hydrogens (tertiary/aromatic N) is 2. The molecule has 19 heavy (non-hydrogen) atoms. The lowest BCUT2D eigenvalue weighted by molar-refractivity contribution is 1.04. The van der Waals surface area contributed by atoms with Crippen LogP contribution >= 0.6 is 47.0 Å². The van der Waals surface area contributed by atoms with Crippen LogP contribution in [0.3, 0.4) is 0 Å². The number of rotatable bonds is 1. The molecule has 0 atom stereocenters. The fourth-order valence-electron chi connectivity index (χ4n) is 1.85. The van der Waals surface area contributed by atoms with E-state index >= 15 is 0 Å². The van der Waals surface area contributed by atoms with Crippen molar-refractivity contribution in [2.24, 2.45) is 0 Å². The number of aromatic amines is 1. The zero-order valence-electron chi connectivity index (χ0n) is 9.32. The first kappa shape index (κ1) is 12.9. The fraction of sp³-hybridized carbons (Fsp3) is 0. The molecule has 1 aromatic carbocycles. The van der Waals surface area contributed by atoms with Crippen LogP contribution in [0.2, 0.25) is 15.1 Å². The van der Waals surface area contributed by atoms with Crippen LogP contribution in [0, 0.1) is 4.77 Å². The van der Waals surface area contributed by atoms with Gasteiger partial charge in [-0.25, -0.2) is 4.98 Å². The van der Waals surface area contributed by atoms with Gasteiger partial charge in [-0.1, -0.05) is 34.8 Å². The van der Waals surface area contributed by atoms with Gasteiger partial charge in [0.05, 0.1) is 26.3 Å². The number of fused-ring (bicyclic) bond motifs is 1. The minimum atomic E-state index is 0.398. The minimum absolute atomic E-state index is 0.398. The van der Waals surface area contributed by atoms with Crippen molar-refractivity contribution >= 4 is 58.2 Å². The number of H-pyrrole nitrogens is 1. The lowest BCUT2D eigenvalue weighted by atomic mass is 10.3. The zero-order valence-corrected chi connectivity index (χ0v) is 12.4. The quantitative estimate of drug-likeness (QED) is 0.501. The number of hydrogen-bond acceptors (Lipinski definition) is 2. The Morgan fingerprint density at radius 2 is 1.84 bits per heavy atom. The Morgan fingerprint density at radius 3 is 2.63 bits per heavy atom. The third-order valence-corrected chi connectivity index (χ3v) is 3.98. The minimum Gasteiger partial charge on any atom is -0.329 e. The van der Waals surface area contributed by atoms with E-state index in [1.807, 2.05) is 12.1 Å². The Bertz CT molecular complexity index is 838. The SMILES string of the molecule is S=c1[nH]c2cccnc2n1-c1cc(Cl)c(Cl)cc1Cl. The molecule has 0 aliphatic heterocycles. The summed E-state index contributed by atoms with van der Waals surface area (Å²) in [6, 6.07) is 6.97. The van der Waals surface area contributed by atoms with Crippen molar-refractivity contribution in [3.63, 3.8) is 0 Å². The summed E-state index contributed by atoms with van der Waals surface area (Å²) in [6.07, 6.45) is 1.69. The molecule has 0 unspecified atom stereocenters. The van der Waals surface area contributed by atoms with Crippen molar-refractivity contribution in [2.45, 2.75) is 0 Å². The Kier molecular flexibility index (Phi) is 3.27. The molecule has 0 amide bonds. The summed E-state index contributed by atoms with van der Waals surface area (Å²) in [7, 11) is 0. The molecule has 0 aliphatic rings. The second-order valence-electron chi connectivity index (χ2n) is 3.86. The number of nitrogens with one attached hydrogen (secondary N) is 1. The molecule has 0 radical (unpaired) electrons. The number of pyridine rings is 1. The van der Waals surface area contributed by atoms with Gasteiger partial charge in [0.2, 0.25) is 0 Å². The summed E-state index contributed by atoms with van der Waals surface area (Å²) < 4.78 is 2.23. The third-order valence-electron chi connectivity index (χ3n) is 2.67. The molecule has 0 aliphatic carbocycles. The summed E-state index contributed by atoms with van der Waals surface area (Å²) in [5, 5.41) is 1.26. The molecular weight excluding hydrogens is 325 g/mol. The maximum atomic E-state index is 6.21. The number of halogens is 3. The van der Waals surface area contributed by atoms with Crippen LogP contribution < -0.4 is 0 Å². The second kappa shape index (κ2) is 4.80. The highest BCUT2D eigenvalue weighted by Crippen LogP contribution is 2.32. The van der Waals surface area contributed by atoms with E-state index in [-0.39, 0.29) is 0 Å². The highest BCUT2D eigenvalue weighted by molar-refractivity contribution is 7.71. The molecule has 1 N–H and O–H groups in total. The predicted octanol–water partition coefficient (Wildman–Crippen LogP) is 5.04. The van der Waals surface area contributed by atoms with Crippen LogP contribution in [0.5, 0.6) is 0 Å². The van der Waals surface area contributed by atoms with Gasteiger partial charge in [0.15, 0.2) is 10.4 Å². The maximum Gasteiger partial charge on any atom is 0.184 e. The highest BCUT2D eigenvalue weighted by Gasteiger charge is 2.12. The molecule has 2 aromatic heterocycles. The topological polar surface area (TPSA) is 33.6 Å². The number of aromatic nitrogens is 3. The number of hydrogen-bond donors (Lipinski definition) is 1. The van der Waals surface area contributed by atoms with E-state index in [4.69, 9.17) is 47.0 Å². The van der Waals surface area contributed by atoms with E-state index in [1.165, 1.54) is 0 Å². The summed E-state index contributed by atoms with van der Waals surface area (Å²) in [5.74, 6) is 0. The molecule has 0 saturated carbocycles. The molecule has 0 saturated heterocycles. The van der Waals surface area contributed by atoms with Crippen LogP contribution in [0.15, 0.2) is 30.5 Å². The molecule has 3 rings (SSSR count). The van der Waals surface area contributed by atoms with E-state index in [2.05, 4.69) is 9.97 Å². The first-order valence-electron chi connectivity index (χ1n) is 5.28. The van der Waals surface area contributed by atoms with Gasteiger partial charge >= 0.3 is 0 Å². The smallest absolute Gasteiger partial charge is 0.184 e. The molecule has 7 heteroatoms. The van der Waals surface area contributed by atoms with E-state index < -0.39 is 0 Å². The largest absolute Gasteiger partial charge is 0.329 e. The van der Waals surface area contributed by atoms with E-state index in [1.54, 1.807) is 22.9 Å². The van der Waals surface area contributed by atoms with Crippen molar-refractivity contribution in [3.05, 3.63) is 50.3 Å². The van der Waals surface area contributed by atoms with Gasteiger partial charge in [0.1, 0.15) is 0 Å². The first-order valence-corrected chi connectivity index (χ1v) is 6.83. The van der Waals surface area contributed by atoms with Gasteiger partial charge in [-0.15, -0.1) is 0 Å². The summed E-state index contributed by atoms with van der Waals surface area (Å²) >= 11 is 23.5. The third kappa shape index (κ3) is 2.15. The first-order chi connectivity index (χ1) is 9.08. The highest BCUT2D eigenvalue weighted by atomic mass is 35.5. The van der Waals surface area contributed by atoms with Gasteiger partial charge < -0.3 is 4.98 Å². The lowest BCUT2D eigenvalue weighted by Gasteiger charge is -2.08. The van der Waals surface area contributed by atoms with Gasteiger partial charge in [0.25, 0.3) is 0 Å². The van der Waals surface area contributed by atoms with Crippen molar-refractivity contribution in [1.82, 2.24) is 14.5 Å². The van der Waals surface area contributed by atoms with Gasteiger partial charge in [-0.3, -0.25) is 4.57 Å². The van der Waals surface area contributed by atoms with E-state index in [0.29, 0.717) is 31.2 Å². The normalized spacial score (nSPS) is 11.1. The Balaban J connectivity index is 2.40. The maximum absolute atomic E-state index is 6.21. The molecular formula is C12H6Cl3N3S. The Labute approximate surface area is 128 Å². The molecule has 2 heterocycles. The zero-order chi connectivity index (χ0) is 13.6. The van der Waals surface area contributed by atoms with Gasteiger partial charge in [0, 0.05) is 6.20 Å². The van der Waals surface area contributed by atoms with Gasteiger partial charge in [-0.05, 0) is 36.5 Å².